The smallest absolute Gasteiger partial charge is 0.258 e. The predicted molar refractivity (Wildman–Crippen MR) is 114 cm³/mol. The van der Waals surface area contributed by atoms with Crippen molar-refractivity contribution < 1.29 is 14.3 Å². The summed E-state index contributed by atoms with van der Waals surface area (Å²) in [6.45, 7) is 0.952. The van der Waals surface area contributed by atoms with Crippen molar-refractivity contribution in [3.63, 3.8) is 0 Å². The summed E-state index contributed by atoms with van der Waals surface area (Å²) in [7, 11) is 1.62. The van der Waals surface area contributed by atoms with Gasteiger partial charge in [0.2, 0.25) is 0 Å². The minimum Gasteiger partial charge on any atom is -0.491 e. The number of nitrogens with one attached hydrogen (secondary N) is 1. The Kier molecular flexibility index (Phi) is 7.47. The van der Waals surface area contributed by atoms with Crippen molar-refractivity contribution in [1.82, 2.24) is 4.98 Å². The lowest BCUT2D eigenvalue weighted by Gasteiger charge is -2.11. The zero-order valence-corrected chi connectivity index (χ0v) is 17.6. The molecule has 0 saturated carbocycles. The van der Waals surface area contributed by atoms with E-state index >= 15 is 0 Å². The fraction of sp³-hybridized carbons (Fsp3) is 0.143. The number of carbonyl (C=O) groups is 1. The first kappa shape index (κ1) is 20.4. The molecule has 0 aliphatic rings. The third kappa shape index (κ3) is 5.82. The van der Waals surface area contributed by atoms with E-state index in [0.29, 0.717) is 35.2 Å². The Morgan fingerprint density at radius 2 is 1.93 bits per heavy atom. The quantitative estimate of drug-likeness (QED) is 0.465. The molecule has 0 saturated heterocycles. The number of aromatic nitrogens is 1. The van der Waals surface area contributed by atoms with Gasteiger partial charge >= 0.3 is 0 Å². The van der Waals surface area contributed by atoms with Crippen LogP contribution in [0.1, 0.15) is 10.4 Å². The highest BCUT2D eigenvalue weighted by Gasteiger charge is 2.14. The molecule has 1 amide bonds. The summed E-state index contributed by atoms with van der Waals surface area (Å²) in [6, 6.07) is 18.7. The monoisotopic (exact) mass is 458 g/mol. The lowest BCUT2D eigenvalue weighted by molar-refractivity contribution is 0.102. The third-order valence-corrected chi connectivity index (χ3v) is 5.25. The van der Waals surface area contributed by atoms with E-state index in [-0.39, 0.29) is 5.91 Å². The molecule has 1 N–H and O–H groups in total. The number of nitrogens with zero attached hydrogens (tertiary/aromatic N) is 1. The van der Waals surface area contributed by atoms with Gasteiger partial charge in [-0.25, -0.2) is 4.98 Å². The Labute approximate surface area is 176 Å². The number of anilines is 1. The number of benzene rings is 2. The zero-order valence-electron chi connectivity index (χ0n) is 15.2. The van der Waals surface area contributed by atoms with Gasteiger partial charge in [-0.3, -0.25) is 4.79 Å². The molecule has 5 nitrogen and oxygen atoms in total. The van der Waals surface area contributed by atoms with E-state index in [1.807, 2.05) is 42.5 Å². The molecule has 1 aromatic heterocycles. The highest BCUT2D eigenvalue weighted by Crippen LogP contribution is 2.30. The van der Waals surface area contributed by atoms with E-state index in [9.17, 15) is 4.79 Å². The van der Waals surface area contributed by atoms with Crippen molar-refractivity contribution in [2.75, 3.05) is 25.6 Å². The van der Waals surface area contributed by atoms with Gasteiger partial charge < -0.3 is 14.8 Å². The first-order valence-electron chi connectivity index (χ1n) is 8.57. The Bertz CT molecular complexity index is 935. The lowest BCUT2D eigenvalue weighted by atomic mass is 10.2. The second-order valence-corrected chi connectivity index (χ2v) is 7.71. The average Bonchev–Trinajstić information content (AvgIpc) is 2.71. The van der Waals surface area contributed by atoms with Crippen molar-refractivity contribution in [1.29, 1.82) is 0 Å². The number of carbonyl (C=O) groups excluding carboxylic acids is 1. The number of amides is 1. The van der Waals surface area contributed by atoms with Gasteiger partial charge in [0.25, 0.3) is 5.91 Å². The topological polar surface area (TPSA) is 60.5 Å². The van der Waals surface area contributed by atoms with E-state index in [1.54, 1.807) is 31.5 Å². The first-order chi connectivity index (χ1) is 13.7. The fourth-order valence-corrected chi connectivity index (χ4v) is 3.51. The molecule has 0 bridgehead atoms. The molecule has 1 heterocycles. The van der Waals surface area contributed by atoms with Crippen LogP contribution in [0.2, 0.25) is 0 Å². The molecule has 0 aliphatic heterocycles. The second-order valence-electron chi connectivity index (χ2n) is 5.74. The zero-order chi connectivity index (χ0) is 19.8. The fourth-order valence-electron chi connectivity index (χ4n) is 2.36. The Balaban J connectivity index is 1.72. The normalized spacial score (nSPS) is 10.5. The van der Waals surface area contributed by atoms with Gasteiger partial charge in [0.05, 0.1) is 12.2 Å². The van der Waals surface area contributed by atoms with Crippen molar-refractivity contribution in [3.05, 3.63) is 76.9 Å². The van der Waals surface area contributed by atoms with Crippen molar-refractivity contribution in [2.45, 2.75) is 9.92 Å². The molecule has 0 radical (unpaired) electrons. The van der Waals surface area contributed by atoms with Crippen LogP contribution >= 0.6 is 27.7 Å². The molecule has 0 atom stereocenters. The summed E-state index contributed by atoms with van der Waals surface area (Å²) in [5.74, 6) is 0.451. The SMILES string of the molecule is COCCOc1cccc(NC(=O)c2cccnc2Sc2ccc(Br)cc2)c1. The number of pyridine rings is 1. The van der Waals surface area contributed by atoms with Crippen molar-refractivity contribution >= 4 is 39.3 Å². The van der Waals surface area contributed by atoms with Crippen LogP contribution in [0.3, 0.4) is 0 Å². The number of ether oxygens (including phenoxy) is 2. The highest BCUT2D eigenvalue weighted by atomic mass is 79.9. The number of hydrogen-bond donors (Lipinski definition) is 1. The van der Waals surface area contributed by atoms with E-state index in [2.05, 4.69) is 26.2 Å². The Hall–Kier alpha value is -2.35. The maximum Gasteiger partial charge on any atom is 0.258 e. The van der Waals surface area contributed by atoms with Crippen LogP contribution in [0.25, 0.3) is 0 Å². The van der Waals surface area contributed by atoms with Crippen LogP contribution in [0, 0.1) is 0 Å². The highest BCUT2D eigenvalue weighted by molar-refractivity contribution is 9.10. The van der Waals surface area contributed by atoms with Gasteiger partial charge in [0.1, 0.15) is 17.4 Å². The summed E-state index contributed by atoms with van der Waals surface area (Å²) in [4.78, 5) is 18.2. The number of halogens is 1. The number of rotatable bonds is 8. The van der Waals surface area contributed by atoms with Gasteiger partial charge in [0, 0.05) is 34.4 Å². The summed E-state index contributed by atoms with van der Waals surface area (Å²) in [5.41, 5.74) is 1.17. The molecule has 3 aromatic rings. The van der Waals surface area contributed by atoms with Crippen molar-refractivity contribution in [2.24, 2.45) is 0 Å². The maximum absolute atomic E-state index is 12.8. The Morgan fingerprint density at radius 3 is 2.71 bits per heavy atom. The first-order valence-corrected chi connectivity index (χ1v) is 10.2. The number of methoxy groups -OCH3 is 1. The van der Waals surface area contributed by atoms with Gasteiger partial charge in [-0.2, -0.15) is 0 Å². The predicted octanol–water partition coefficient (Wildman–Crippen LogP) is 5.27. The van der Waals surface area contributed by atoms with E-state index in [4.69, 9.17) is 9.47 Å². The molecular formula is C21H19BrN2O3S. The summed E-state index contributed by atoms with van der Waals surface area (Å²) in [6.07, 6.45) is 1.68. The molecule has 0 fully saturated rings. The van der Waals surface area contributed by atoms with Crippen molar-refractivity contribution in [3.8, 4) is 5.75 Å². The van der Waals surface area contributed by atoms with Crippen LogP contribution in [-0.2, 0) is 4.74 Å². The van der Waals surface area contributed by atoms with Crippen LogP contribution in [-0.4, -0.2) is 31.2 Å². The molecule has 28 heavy (non-hydrogen) atoms. The third-order valence-electron chi connectivity index (χ3n) is 3.69. The minimum absolute atomic E-state index is 0.221. The lowest BCUT2D eigenvalue weighted by Crippen LogP contribution is -2.13. The summed E-state index contributed by atoms with van der Waals surface area (Å²) >= 11 is 4.87. The molecule has 3 rings (SSSR count). The van der Waals surface area contributed by atoms with Gasteiger partial charge in [-0.05, 0) is 48.5 Å². The van der Waals surface area contributed by atoms with Crippen LogP contribution in [0.15, 0.2) is 81.3 Å². The van der Waals surface area contributed by atoms with Crippen LogP contribution in [0.5, 0.6) is 5.75 Å². The van der Waals surface area contributed by atoms with E-state index < -0.39 is 0 Å². The standard InChI is InChI=1S/C21H19BrN2O3S/c1-26-12-13-27-17-5-2-4-16(14-17)24-20(25)19-6-3-11-23-21(19)28-18-9-7-15(22)8-10-18/h2-11,14H,12-13H2,1H3,(H,24,25). The van der Waals surface area contributed by atoms with Gasteiger partial charge in [-0.1, -0.05) is 33.8 Å². The average molecular weight is 459 g/mol. The second kappa shape index (κ2) is 10.3. The molecular weight excluding hydrogens is 440 g/mol. The van der Waals surface area contributed by atoms with Gasteiger partial charge in [-0.15, -0.1) is 0 Å². The summed E-state index contributed by atoms with van der Waals surface area (Å²) < 4.78 is 11.6. The molecule has 2 aromatic carbocycles. The van der Waals surface area contributed by atoms with Gasteiger partial charge in [0.15, 0.2) is 0 Å². The van der Waals surface area contributed by atoms with E-state index in [0.717, 1.165) is 9.37 Å². The minimum atomic E-state index is -0.221. The molecule has 0 unspecified atom stereocenters. The molecule has 0 aliphatic carbocycles. The molecule has 144 valence electrons. The molecule has 7 heteroatoms. The molecule has 0 spiro atoms. The van der Waals surface area contributed by atoms with Crippen LogP contribution in [0.4, 0.5) is 5.69 Å². The largest absolute Gasteiger partial charge is 0.491 e. The number of hydrogen-bond acceptors (Lipinski definition) is 5. The summed E-state index contributed by atoms with van der Waals surface area (Å²) in [5, 5.41) is 3.56. The van der Waals surface area contributed by atoms with Crippen LogP contribution < -0.4 is 10.1 Å². The Morgan fingerprint density at radius 1 is 1.11 bits per heavy atom. The maximum atomic E-state index is 12.8. The van der Waals surface area contributed by atoms with E-state index in [1.165, 1.54) is 11.8 Å².